The monoisotopic (exact) mass is 603 g/mol. The maximum absolute atomic E-state index is 12.6. The molecule has 0 unspecified atom stereocenters. The van der Waals surface area contributed by atoms with Crippen LogP contribution in [0.5, 0.6) is 0 Å². The number of methoxy groups -OCH3 is 1. The summed E-state index contributed by atoms with van der Waals surface area (Å²) in [5.41, 5.74) is -12.5. The highest BCUT2D eigenvalue weighted by Gasteiger charge is 2.61. The van der Waals surface area contributed by atoms with Crippen molar-refractivity contribution in [1.29, 1.82) is 0 Å². The molecule has 0 aliphatic carbocycles. The molecule has 37 heavy (non-hydrogen) atoms. The zero-order valence-corrected chi connectivity index (χ0v) is 21.6. The van der Waals surface area contributed by atoms with Crippen LogP contribution < -0.4 is 0 Å². The van der Waals surface area contributed by atoms with Gasteiger partial charge in [-0.05, 0) is 0 Å². The minimum atomic E-state index is -6.83. The summed E-state index contributed by atoms with van der Waals surface area (Å²) in [7, 11) is -12.1. The van der Waals surface area contributed by atoms with Crippen LogP contribution in [0.3, 0.4) is 0 Å². The van der Waals surface area contributed by atoms with E-state index in [2.05, 4.69) is 4.74 Å². The van der Waals surface area contributed by atoms with Gasteiger partial charge in [0.2, 0.25) is 0 Å². The highest BCUT2D eigenvalue weighted by molar-refractivity contribution is 8.04. The van der Waals surface area contributed by atoms with E-state index in [9.17, 15) is 43.2 Å². The lowest BCUT2D eigenvalue weighted by molar-refractivity contribution is -0.0539. The first-order valence-electron chi connectivity index (χ1n) is 10.6. The maximum atomic E-state index is 12.6. The van der Waals surface area contributed by atoms with Crippen molar-refractivity contribution >= 4 is 20.0 Å². The van der Waals surface area contributed by atoms with Crippen LogP contribution in [-0.2, 0) is 53.2 Å². The molecular weight excluding hydrogens is 572 g/mol. The van der Waals surface area contributed by atoms with Crippen molar-refractivity contribution in [2.75, 3.05) is 99.5 Å². The molecule has 0 fully saturated rings. The Kier molecular flexibility index (Phi) is 18.0. The fourth-order valence-electron chi connectivity index (χ4n) is 2.08. The van der Waals surface area contributed by atoms with Crippen molar-refractivity contribution in [3.05, 3.63) is 0 Å². The van der Waals surface area contributed by atoms with Gasteiger partial charge in [-0.25, -0.2) is 16.8 Å². The summed E-state index contributed by atoms with van der Waals surface area (Å²) in [4.78, 5) is 0. The normalized spacial score (nSPS) is 13.5. The van der Waals surface area contributed by atoms with Crippen LogP contribution in [0, 0.1) is 0 Å². The summed E-state index contributed by atoms with van der Waals surface area (Å²) in [6.45, 7) is -0.0506. The Bertz CT molecular complexity index is 751. The van der Waals surface area contributed by atoms with Crippen LogP contribution in [0.1, 0.15) is 0 Å². The van der Waals surface area contributed by atoms with Crippen molar-refractivity contribution in [3.8, 4) is 0 Å². The highest BCUT2D eigenvalue weighted by Crippen LogP contribution is 2.34. The molecule has 20 heteroatoms. The van der Waals surface area contributed by atoms with Crippen molar-refractivity contribution in [1.82, 2.24) is 3.71 Å². The van der Waals surface area contributed by atoms with Crippen LogP contribution in [-0.4, -0.2) is 131 Å². The standard InChI is InChI=1S/C17H31F6NO11S2/c1-29-4-5-31-8-9-33-12-13-35-15-14-34-11-10-32-7-6-30-3-2-24(36(25,26)16(18,19)20)37(27,28)17(21,22)23/h2-15H2,1H3. The van der Waals surface area contributed by atoms with Gasteiger partial charge in [0.05, 0.1) is 92.4 Å². The zero-order chi connectivity index (χ0) is 28.4. The molecule has 0 spiro atoms. The van der Waals surface area contributed by atoms with Crippen LogP contribution in [0.25, 0.3) is 0 Å². The number of halogens is 6. The molecule has 0 saturated heterocycles. The van der Waals surface area contributed by atoms with E-state index in [1.54, 1.807) is 7.11 Å². The molecule has 0 aromatic heterocycles. The van der Waals surface area contributed by atoms with Crippen molar-refractivity contribution in [2.24, 2.45) is 0 Å². The summed E-state index contributed by atoms with van der Waals surface area (Å²) in [5, 5.41) is 0. The van der Waals surface area contributed by atoms with E-state index < -0.39 is 47.9 Å². The number of rotatable bonds is 23. The number of hydrogen-bond acceptors (Lipinski definition) is 11. The molecule has 0 aromatic rings. The van der Waals surface area contributed by atoms with Gasteiger partial charge >= 0.3 is 31.1 Å². The highest BCUT2D eigenvalue weighted by atomic mass is 32.3. The lowest BCUT2D eigenvalue weighted by atomic mass is 10.6. The Labute approximate surface area is 211 Å². The number of hydrogen-bond donors (Lipinski definition) is 0. The van der Waals surface area contributed by atoms with Crippen molar-refractivity contribution < 1.29 is 76.3 Å². The third-order valence-corrected chi connectivity index (χ3v) is 7.62. The van der Waals surface area contributed by atoms with Gasteiger partial charge in [0.1, 0.15) is 0 Å². The number of sulfonamides is 2. The lowest BCUT2D eigenvalue weighted by Crippen LogP contribution is -2.50. The third kappa shape index (κ3) is 14.8. The Morgan fingerprint density at radius 2 is 0.730 bits per heavy atom. The molecule has 0 bridgehead atoms. The second-order valence-corrected chi connectivity index (χ2v) is 10.5. The van der Waals surface area contributed by atoms with E-state index in [0.29, 0.717) is 39.6 Å². The van der Waals surface area contributed by atoms with Gasteiger partial charge in [0.15, 0.2) is 0 Å². The van der Waals surface area contributed by atoms with Gasteiger partial charge in [-0.3, -0.25) is 0 Å². The van der Waals surface area contributed by atoms with E-state index in [1.165, 1.54) is 0 Å². The predicted molar refractivity (Wildman–Crippen MR) is 113 cm³/mol. The number of alkyl halides is 6. The van der Waals surface area contributed by atoms with E-state index >= 15 is 0 Å². The summed E-state index contributed by atoms with van der Waals surface area (Å²) in [6.07, 6.45) is 0. The second-order valence-electron chi connectivity index (χ2n) is 6.56. The molecular formula is C17H31F6NO11S2. The molecule has 0 radical (unpaired) electrons. The number of ether oxygens (including phenoxy) is 7. The van der Waals surface area contributed by atoms with Crippen molar-refractivity contribution in [3.63, 3.8) is 0 Å². The van der Waals surface area contributed by atoms with Gasteiger partial charge in [-0.2, -0.15) is 26.3 Å². The van der Waals surface area contributed by atoms with Gasteiger partial charge < -0.3 is 33.2 Å². The molecule has 224 valence electrons. The van der Waals surface area contributed by atoms with Crippen molar-refractivity contribution in [2.45, 2.75) is 11.0 Å². The first-order valence-corrected chi connectivity index (χ1v) is 13.4. The Morgan fingerprint density at radius 1 is 0.486 bits per heavy atom. The second kappa shape index (κ2) is 18.4. The minimum Gasteiger partial charge on any atom is -0.382 e. The third-order valence-electron chi connectivity index (χ3n) is 3.83. The quantitative estimate of drug-likeness (QED) is 0.121. The molecule has 0 saturated carbocycles. The molecule has 0 amide bonds. The molecule has 0 atom stereocenters. The van der Waals surface area contributed by atoms with E-state index in [0.717, 1.165) is 0 Å². The summed E-state index contributed by atoms with van der Waals surface area (Å²) >= 11 is 0. The predicted octanol–water partition coefficient (Wildman–Crippen LogP) is 0.734. The smallest absolute Gasteiger partial charge is 0.382 e. The minimum absolute atomic E-state index is 0.0621. The van der Waals surface area contributed by atoms with Gasteiger partial charge in [0, 0.05) is 7.11 Å². The summed E-state index contributed by atoms with van der Waals surface area (Å²) in [6, 6.07) is 0. The number of nitrogens with zero attached hydrogens (tertiary/aromatic N) is 1. The Balaban J connectivity index is 3.91. The molecule has 0 aliphatic heterocycles. The first kappa shape index (κ1) is 36.2. The fraction of sp³-hybridized carbons (Fsp3) is 1.00. The average Bonchev–Trinajstić information content (AvgIpc) is 2.78. The van der Waals surface area contributed by atoms with Gasteiger partial charge in [-0.1, -0.05) is 3.71 Å². The van der Waals surface area contributed by atoms with Crippen LogP contribution in [0.15, 0.2) is 0 Å². The van der Waals surface area contributed by atoms with Gasteiger partial charge in [0.25, 0.3) is 0 Å². The van der Waals surface area contributed by atoms with E-state index in [1.807, 2.05) is 0 Å². The van der Waals surface area contributed by atoms with Gasteiger partial charge in [-0.15, -0.1) is 0 Å². The molecule has 0 aromatic carbocycles. The molecule has 0 rings (SSSR count). The molecule has 0 N–H and O–H groups in total. The zero-order valence-electron chi connectivity index (χ0n) is 19.9. The van der Waals surface area contributed by atoms with Crippen LogP contribution in [0.4, 0.5) is 26.3 Å². The van der Waals surface area contributed by atoms with E-state index in [4.69, 9.17) is 28.4 Å². The average molecular weight is 604 g/mol. The molecule has 0 heterocycles. The largest absolute Gasteiger partial charge is 0.512 e. The first-order chi connectivity index (χ1) is 17.2. The van der Waals surface area contributed by atoms with Crippen LogP contribution in [0.2, 0.25) is 0 Å². The SMILES string of the molecule is COCCOCCOCCOCCOCCOCCOCCN(S(=O)(=O)C(F)(F)F)S(=O)(=O)C(F)(F)F. The summed E-state index contributed by atoms with van der Waals surface area (Å²) < 4.78 is 155. The van der Waals surface area contributed by atoms with Crippen LogP contribution >= 0.6 is 0 Å². The Hall–Kier alpha value is -0.840. The maximum Gasteiger partial charge on any atom is 0.512 e. The van der Waals surface area contributed by atoms with E-state index in [-0.39, 0.29) is 39.6 Å². The summed E-state index contributed by atoms with van der Waals surface area (Å²) in [5.74, 6) is 0. The lowest BCUT2D eigenvalue weighted by Gasteiger charge is -2.23. The Morgan fingerprint density at radius 3 is 0.973 bits per heavy atom. The topological polar surface area (TPSA) is 136 Å². The molecule has 0 aliphatic rings. The molecule has 12 nitrogen and oxygen atoms in total. The fourth-order valence-corrected chi connectivity index (χ4v) is 4.72.